The maximum Gasteiger partial charge on any atom is 0.123 e. The number of nitrogens with one attached hydrogen (secondary N) is 1. The number of para-hydroxylation sites is 1. The molecule has 0 amide bonds. The quantitative estimate of drug-likeness (QED) is 0.904. The number of rotatable bonds is 5. The molecule has 0 aliphatic carbocycles. The van der Waals surface area contributed by atoms with Crippen LogP contribution in [0, 0.1) is 11.3 Å². The van der Waals surface area contributed by atoms with E-state index in [2.05, 4.69) is 11.4 Å². The van der Waals surface area contributed by atoms with Gasteiger partial charge in [-0.3, -0.25) is 0 Å². The van der Waals surface area contributed by atoms with E-state index in [1.165, 1.54) is 0 Å². The Hall–Kier alpha value is -2.67. The molecule has 2 rings (SSSR count). The van der Waals surface area contributed by atoms with E-state index in [1.54, 1.807) is 26.4 Å². The molecule has 4 heteroatoms. The molecular formula is C16H16N2O2. The Morgan fingerprint density at radius 1 is 1.10 bits per heavy atom. The van der Waals surface area contributed by atoms with E-state index in [0.29, 0.717) is 17.9 Å². The Kier molecular flexibility index (Phi) is 4.46. The van der Waals surface area contributed by atoms with E-state index in [0.717, 1.165) is 17.0 Å². The topological polar surface area (TPSA) is 54.3 Å². The SMILES string of the molecule is COc1ccc(C#N)c(NCc2ccccc2OC)c1. The molecule has 0 aliphatic heterocycles. The molecule has 1 N–H and O–H groups in total. The third kappa shape index (κ3) is 3.01. The fourth-order valence-electron chi connectivity index (χ4n) is 1.93. The van der Waals surface area contributed by atoms with Crippen molar-refractivity contribution < 1.29 is 9.47 Å². The summed E-state index contributed by atoms with van der Waals surface area (Å²) >= 11 is 0. The first kappa shape index (κ1) is 13.8. The number of ether oxygens (including phenoxy) is 2. The molecule has 0 spiro atoms. The highest BCUT2D eigenvalue weighted by Crippen LogP contribution is 2.24. The Morgan fingerprint density at radius 2 is 1.90 bits per heavy atom. The van der Waals surface area contributed by atoms with Crippen LogP contribution in [0.4, 0.5) is 5.69 Å². The Morgan fingerprint density at radius 3 is 2.60 bits per heavy atom. The number of hydrogen-bond donors (Lipinski definition) is 1. The molecule has 0 unspecified atom stereocenters. The van der Waals surface area contributed by atoms with Crippen molar-refractivity contribution in [2.75, 3.05) is 19.5 Å². The molecule has 0 aliphatic rings. The minimum atomic E-state index is 0.575. The monoisotopic (exact) mass is 268 g/mol. The highest BCUT2D eigenvalue weighted by Gasteiger charge is 2.06. The summed E-state index contributed by atoms with van der Waals surface area (Å²) in [4.78, 5) is 0. The van der Waals surface area contributed by atoms with Crippen LogP contribution in [0.25, 0.3) is 0 Å². The molecule has 0 fully saturated rings. The lowest BCUT2D eigenvalue weighted by Gasteiger charge is -2.12. The maximum atomic E-state index is 9.12. The van der Waals surface area contributed by atoms with E-state index < -0.39 is 0 Å². The molecule has 0 radical (unpaired) electrons. The van der Waals surface area contributed by atoms with Gasteiger partial charge in [-0.25, -0.2) is 0 Å². The normalized spacial score (nSPS) is 9.65. The smallest absolute Gasteiger partial charge is 0.123 e. The number of hydrogen-bond acceptors (Lipinski definition) is 4. The van der Waals surface area contributed by atoms with Gasteiger partial charge in [0, 0.05) is 18.2 Å². The zero-order valence-corrected chi connectivity index (χ0v) is 11.5. The second kappa shape index (κ2) is 6.48. The van der Waals surface area contributed by atoms with Crippen molar-refractivity contribution in [2.24, 2.45) is 0 Å². The fraction of sp³-hybridized carbons (Fsp3) is 0.188. The van der Waals surface area contributed by atoms with Crippen LogP contribution < -0.4 is 14.8 Å². The lowest BCUT2D eigenvalue weighted by Crippen LogP contribution is -2.03. The number of nitrogens with zero attached hydrogens (tertiary/aromatic N) is 1. The van der Waals surface area contributed by atoms with Gasteiger partial charge in [0.15, 0.2) is 0 Å². The van der Waals surface area contributed by atoms with Crippen LogP contribution >= 0.6 is 0 Å². The average molecular weight is 268 g/mol. The van der Waals surface area contributed by atoms with Gasteiger partial charge in [0.1, 0.15) is 17.6 Å². The zero-order valence-electron chi connectivity index (χ0n) is 11.5. The van der Waals surface area contributed by atoms with E-state index in [-0.39, 0.29) is 0 Å². The number of benzene rings is 2. The van der Waals surface area contributed by atoms with Crippen LogP contribution in [0.3, 0.4) is 0 Å². The van der Waals surface area contributed by atoms with E-state index in [9.17, 15) is 0 Å². The number of nitriles is 1. The fourth-order valence-corrected chi connectivity index (χ4v) is 1.93. The Bertz CT molecular complexity index is 633. The van der Waals surface area contributed by atoms with Crippen molar-refractivity contribution in [3.05, 3.63) is 53.6 Å². The third-order valence-electron chi connectivity index (χ3n) is 3.01. The molecule has 0 aromatic heterocycles. The Labute approximate surface area is 118 Å². The zero-order chi connectivity index (χ0) is 14.4. The van der Waals surface area contributed by atoms with E-state index in [4.69, 9.17) is 14.7 Å². The largest absolute Gasteiger partial charge is 0.497 e. The first-order valence-corrected chi connectivity index (χ1v) is 6.22. The molecule has 0 saturated carbocycles. The first-order valence-electron chi connectivity index (χ1n) is 6.22. The standard InChI is InChI=1S/C16H16N2O2/c1-19-14-8-7-12(10-17)15(9-14)18-11-13-5-3-4-6-16(13)20-2/h3-9,18H,11H2,1-2H3. The van der Waals surface area contributed by atoms with Gasteiger partial charge in [0.25, 0.3) is 0 Å². The maximum absolute atomic E-state index is 9.12. The van der Waals surface area contributed by atoms with Crippen molar-refractivity contribution in [3.63, 3.8) is 0 Å². The Balaban J connectivity index is 2.20. The van der Waals surface area contributed by atoms with Crippen LogP contribution in [0.5, 0.6) is 11.5 Å². The molecule has 0 bridgehead atoms. The summed E-state index contributed by atoms with van der Waals surface area (Å²) in [5, 5.41) is 12.4. The van der Waals surface area contributed by atoms with Crippen LogP contribution in [-0.2, 0) is 6.54 Å². The lowest BCUT2D eigenvalue weighted by atomic mass is 10.1. The van der Waals surface area contributed by atoms with Crippen molar-refractivity contribution in [1.29, 1.82) is 5.26 Å². The summed E-state index contributed by atoms with van der Waals surface area (Å²) < 4.78 is 10.5. The molecule has 102 valence electrons. The van der Waals surface area contributed by atoms with Gasteiger partial charge < -0.3 is 14.8 Å². The van der Waals surface area contributed by atoms with Gasteiger partial charge >= 0.3 is 0 Å². The van der Waals surface area contributed by atoms with Crippen molar-refractivity contribution in [2.45, 2.75) is 6.54 Å². The van der Waals surface area contributed by atoms with Gasteiger partial charge in [-0.2, -0.15) is 5.26 Å². The van der Waals surface area contributed by atoms with Gasteiger partial charge in [0.2, 0.25) is 0 Å². The predicted molar refractivity (Wildman–Crippen MR) is 78.0 cm³/mol. The molecule has 2 aromatic rings. The highest BCUT2D eigenvalue weighted by atomic mass is 16.5. The van der Waals surface area contributed by atoms with Crippen LogP contribution in [0.1, 0.15) is 11.1 Å². The summed E-state index contributed by atoms with van der Waals surface area (Å²) in [6.07, 6.45) is 0. The molecule has 0 saturated heterocycles. The van der Waals surface area contributed by atoms with Crippen molar-refractivity contribution >= 4 is 5.69 Å². The van der Waals surface area contributed by atoms with Crippen LogP contribution in [0.2, 0.25) is 0 Å². The predicted octanol–water partition coefficient (Wildman–Crippen LogP) is 3.19. The van der Waals surface area contributed by atoms with Crippen molar-refractivity contribution in [1.82, 2.24) is 0 Å². The summed E-state index contributed by atoms with van der Waals surface area (Å²) in [5.74, 6) is 1.54. The third-order valence-corrected chi connectivity index (χ3v) is 3.01. The molecule has 2 aromatic carbocycles. The number of methoxy groups -OCH3 is 2. The van der Waals surface area contributed by atoms with Gasteiger partial charge in [0.05, 0.1) is 25.5 Å². The number of anilines is 1. The van der Waals surface area contributed by atoms with E-state index in [1.807, 2.05) is 30.3 Å². The van der Waals surface area contributed by atoms with Crippen LogP contribution in [-0.4, -0.2) is 14.2 Å². The second-order valence-electron chi connectivity index (χ2n) is 4.19. The second-order valence-corrected chi connectivity index (χ2v) is 4.19. The summed E-state index contributed by atoms with van der Waals surface area (Å²) in [6, 6.07) is 15.3. The molecule has 4 nitrogen and oxygen atoms in total. The molecular weight excluding hydrogens is 252 g/mol. The molecule has 0 heterocycles. The average Bonchev–Trinajstić information content (AvgIpc) is 2.52. The van der Waals surface area contributed by atoms with Gasteiger partial charge in [-0.15, -0.1) is 0 Å². The molecule has 20 heavy (non-hydrogen) atoms. The van der Waals surface area contributed by atoms with E-state index >= 15 is 0 Å². The summed E-state index contributed by atoms with van der Waals surface area (Å²) in [7, 11) is 3.25. The van der Waals surface area contributed by atoms with Gasteiger partial charge in [-0.1, -0.05) is 18.2 Å². The first-order chi connectivity index (χ1) is 9.78. The minimum absolute atomic E-state index is 0.575. The highest BCUT2D eigenvalue weighted by molar-refractivity contribution is 5.60. The minimum Gasteiger partial charge on any atom is -0.497 e. The summed E-state index contributed by atoms with van der Waals surface area (Å²) in [6.45, 7) is 0.575. The molecule has 0 atom stereocenters. The van der Waals surface area contributed by atoms with Crippen molar-refractivity contribution in [3.8, 4) is 17.6 Å². The summed E-state index contributed by atoms with van der Waals surface area (Å²) in [5.41, 5.74) is 2.36. The van der Waals surface area contributed by atoms with Crippen LogP contribution in [0.15, 0.2) is 42.5 Å². The van der Waals surface area contributed by atoms with Gasteiger partial charge in [-0.05, 0) is 18.2 Å². The lowest BCUT2D eigenvalue weighted by molar-refractivity contribution is 0.410.